The Morgan fingerprint density at radius 1 is 0.905 bits per heavy atom. The Labute approximate surface area is 117 Å². The van der Waals surface area contributed by atoms with Crippen molar-refractivity contribution in [2.24, 2.45) is 0 Å². The van der Waals surface area contributed by atoms with E-state index in [4.69, 9.17) is 9.47 Å². The van der Waals surface area contributed by atoms with Gasteiger partial charge in [0.1, 0.15) is 0 Å². The quantitative estimate of drug-likeness (QED) is 0.525. The summed E-state index contributed by atoms with van der Waals surface area (Å²) < 4.78 is 11.0. The summed E-state index contributed by atoms with van der Waals surface area (Å²) >= 11 is 0. The molecule has 0 bridgehead atoms. The molecule has 0 fully saturated rings. The first kappa shape index (κ1) is 12.9. The van der Waals surface area contributed by atoms with Crippen LogP contribution in [0.3, 0.4) is 0 Å². The van der Waals surface area contributed by atoms with Gasteiger partial charge in [-0.15, -0.1) is 0 Å². The van der Waals surface area contributed by atoms with Gasteiger partial charge in [-0.25, -0.2) is 0 Å². The van der Waals surface area contributed by atoms with Crippen molar-refractivity contribution in [3.63, 3.8) is 0 Å². The largest absolute Gasteiger partial charge is 0.449 e. The molecule has 0 radical (unpaired) electrons. The molecular formula is C13H8N2O6. The van der Waals surface area contributed by atoms with Crippen LogP contribution in [0.5, 0.6) is 23.0 Å². The van der Waals surface area contributed by atoms with Crippen molar-refractivity contribution in [2.45, 2.75) is 6.92 Å². The molecule has 106 valence electrons. The zero-order valence-corrected chi connectivity index (χ0v) is 10.7. The number of fused-ring (bicyclic) bond motifs is 2. The molecule has 8 nitrogen and oxygen atoms in total. The van der Waals surface area contributed by atoms with Crippen LogP contribution in [0.2, 0.25) is 0 Å². The lowest BCUT2D eigenvalue weighted by atomic mass is 10.2. The summed E-state index contributed by atoms with van der Waals surface area (Å²) in [4.78, 5) is 20.4. The van der Waals surface area contributed by atoms with Crippen LogP contribution in [0.15, 0.2) is 30.3 Å². The molecule has 0 atom stereocenters. The van der Waals surface area contributed by atoms with Gasteiger partial charge in [0.25, 0.3) is 5.69 Å². The first-order valence-electron chi connectivity index (χ1n) is 5.89. The Morgan fingerprint density at radius 3 is 2.33 bits per heavy atom. The number of hydrogen-bond donors (Lipinski definition) is 0. The van der Waals surface area contributed by atoms with Crippen LogP contribution < -0.4 is 9.47 Å². The molecule has 0 aliphatic carbocycles. The van der Waals surface area contributed by atoms with E-state index in [1.54, 1.807) is 18.2 Å². The fraction of sp³-hybridized carbons (Fsp3) is 0.0769. The number of rotatable bonds is 2. The van der Waals surface area contributed by atoms with Crippen molar-refractivity contribution in [2.75, 3.05) is 0 Å². The Hall–Kier alpha value is -3.16. The average Bonchev–Trinajstić information content (AvgIpc) is 2.43. The lowest BCUT2D eigenvalue weighted by Crippen LogP contribution is -2.03. The number of nitro groups is 2. The molecule has 0 unspecified atom stereocenters. The maximum atomic E-state index is 11.1. The molecule has 1 aliphatic heterocycles. The lowest BCUT2D eigenvalue weighted by Gasteiger charge is -2.20. The van der Waals surface area contributed by atoms with Crippen LogP contribution >= 0.6 is 0 Å². The molecule has 2 aromatic rings. The van der Waals surface area contributed by atoms with Gasteiger partial charge in [-0.1, -0.05) is 6.07 Å². The molecule has 0 saturated heterocycles. The molecule has 3 rings (SSSR count). The first-order valence-corrected chi connectivity index (χ1v) is 5.89. The van der Waals surface area contributed by atoms with Crippen LogP contribution in [0.1, 0.15) is 5.56 Å². The van der Waals surface area contributed by atoms with Gasteiger partial charge in [0.2, 0.25) is 5.75 Å². The Bertz CT molecular complexity index is 786. The van der Waals surface area contributed by atoms with E-state index in [1.165, 1.54) is 0 Å². The molecule has 2 aromatic carbocycles. The molecular weight excluding hydrogens is 280 g/mol. The molecule has 0 N–H and O–H groups in total. The number of hydrogen-bond acceptors (Lipinski definition) is 6. The smallest absolute Gasteiger partial charge is 0.322 e. The minimum atomic E-state index is -0.742. The van der Waals surface area contributed by atoms with Crippen LogP contribution in [0.25, 0.3) is 0 Å². The highest BCUT2D eigenvalue weighted by Crippen LogP contribution is 2.51. The summed E-state index contributed by atoms with van der Waals surface area (Å²) in [6, 6.07) is 7.03. The molecule has 0 aromatic heterocycles. The average molecular weight is 288 g/mol. The molecule has 1 heterocycles. The Morgan fingerprint density at radius 2 is 1.67 bits per heavy atom. The third-order valence-electron chi connectivity index (χ3n) is 2.96. The standard InChI is InChI=1S/C13H8N2O6/c1-7-2-3-10-11(4-7)20-12-6-8(14(16)17)5-9(15(18)19)13(12)21-10/h2-6H,1H3. The van der Waals surface area contributed by atoms with E-state index < -0.39 is 21.2 Å². The van der Waals surface area contributed by atoms with E-state index in [1.807, 2.05) is 6.92 Å². The number of nitrogens with zero attached hydrogens (tertiary/aromatic N) is 2. The van der Waals surface area contributed by atoms with Crippen molar-refractivity contribution < 1.29 is 19.3 Å². The number of ether oxygens (including phenoxy) is 2. The zero-order chi connectivity index (χ0) is 15.1. The lowest BCUT2D eigenvalue weighted by molar-refractivity contribution is -0.394. The van der Waals surface area contributed by atoms with E-state index in [9.17, 15) is 20.2 Å². The summed E-state index contributed by atoms with van der Waals surface area (Å²) in [6.45, 7) is 1.84. The van der Waals surface area contributed by atoms with Crippen molar-refractivity contribution in [1.29, 1.82) is 0 Å². The molecule has 21 heavy (non-hydrogen) atoms. The number of non-ortho nitro benzene ring substituents is 1. The summed E-state index contributed by atoms with van der Waals surface area (Å²) in [5.74, 6) is 0.498. The molecule has 1 aliphatic rings. The molecule has 0 amide bonds. The van der Waals surface area contributed by atoms with E-state index in [0.717, 1.165) is 17.7 Å². The maximum Gasteiger partial charge on any atom is 0.322 e. The van der Waals surface area contributed by atoms with E-state index in [2.05, 4.69) is 0 Å². The zero-order valence-electron chi connectivity index (χ0n) is 10.7. The van der Waals surface area contributed by atoms with Gasteiger partial charge in [-0.05, 0) is 24.6 Å². The van der Waals surface area contributed by atoms with Gasteiger partial charge >= 0.3 is 5.69 Å². The second-order valence-corrected chi connectivity index (χ2v) is 4.46. The van der Waals surface area contributed by atoms with Gasteiger partial charge < -0.3 is 9.47 Å². The SMILES string of the molecule is Cc1ccc2c(c1)Oc1cc([N+](=O)[O-])cc([N+](=O)[O-])c1O2. The summed E-state index contributed by atoms with van der Waals surface area (Å²) in [5, 5.41) is 21.9. The van der Waals surface area contributed by atoms with Gasteiger partial charge in [-0.3, -0.25) is 20.2 Å². The minimum absolute atomic E-state index is 0.0472. The number of aryl methyl sites for hydroxylation is 1. The Balaban J connectivity index is 2.18. The topological polar surface area (TPSA) is 105 Å². The predicted molar refractivity (Wildman–Crippen MR) is 71.1 cm³/mol. The monoisotopic (exact) mass is 288 g/mol. The number of benzene rings is 2. The maximum absolute atomic E-state index is 11.1. The van der Waals surface area contributed by atoms with Crippen molar-refractivity contribution in [1.82, 2.24) is 0 Å². The van der Waals surface area contributed by atoms with Crippen molar-refractivity contribution in [3.8, 4) is 23.0 Å². The number of nitro benzene ring substituents is 2. The van der Waals surface area contributed by atoms with E-state index in [-0.39, 0.29) is 11.5 Å². The first-order chi connectivity index (χ1) is 9.95. The highest BCUT2D eigenvalue weighted by Gasteiger charge is 2.31. The van der Waals surface area contributed by atoms with Crippen LogP contribution in [-0.4, -0.2) is 9.85 Å². The van der Waals surface area contributed by atoms with Crippen molar-refractivity contribution >= 4 is 11.4 Å². The van der Waals surface area contributed by atoms with Gasteiger partial charge in [0, 0.05) is 0 Å². The fourth-order valence-electron chi connectivity index (χ4n) is 2.00. The van der Waals surface area contributed by atoms with E-state index >= 15 is 0 Å². The normalized spacial score (nSPS) is 11.7. The van der Waals surface area contributed by atoms with Gasteiger partial charge in [0.05, 0.1) is 22.0 Å². The second kappa shape index (κ2) is 4.44. The van der Waals surface area contributed by atoms with Crippen molar-refractivity contribution in [3.05, 3.63) is 56.1 Å². The minimum Gasteiger partial charge on any atom is -0.449 e. The van der Waals surface area contributed by atoms with Crippen LogP contribution in [0, 0.1) is 27.2 Å². The third-order valence-corrected chi connectivity index (χ3v) is 2.96. The third kappa shape index (κ3) is 2.12. The Kier molecular flexibility index (Phi) is 2.72. The highest BCUT2D eigenvalue weighted by molar-refractivity contribution is 5.67. The van der Waals surface area contributed by atoms with Gasteiger partial charge in [0.15, 0.2) is 17.2 Å². The van der Waals surface area contributed by atoms with Crippen LogP contribution in [0.4, 0.5) is 11.4 Å². The summed E-state index contributed by atoms with van der Waals surface area (Å²) in [5.41, 5.74) is -0.0358. The summed E-state index contributed by atoms with van der Waals surface area (Å²) in [7, 11) is 0. The summed E-state index contributed by atoms with van der Waals surface area (Å²) in [6.07, 6.45) is 0. The fourth-order valence-corrected chi connectivity index (χ4v) is 2.00. The highest BCUT2D eigenvalue weighted by atomic mass is 16.6. The van der Waals surface area contributed by atoms with Gasteiger partial charge in [-0.2, -0.15) is 0 Å². The van der Waals surface area contributed by atoms with Crippen LogP contribution in [-0.2, 0) is 0 Å². The molecule has 0 spiro atoms. The molecule has 8 heteroatoms. The van der Waals surface area contributed by atoms with E-state index in [0.29, 0.717) is 11.5 Å². The second-order valence-electron chi connectivity index (χ2n) is 4.46. The predicted octanol–water partition coefficient (Wildman–Crippen LogP) is 3.71. The molecule has 0 saturated carbocycles.